The van der Waals surface area contributed by atoms with E-state index in [2.05, 4.69) is 0 Å². The predicted molar refractivity (Wildman–Crippen MR) is 46.2 cm³/mol. The molecule has 0 spiro atoms. The van der Waals surface area contributed by atoms with Crippen molar-refractivity contribution in [1.82, 2.24) is 6.15 Å². The molecule has 0 radical (unpaired) electrons. The van der Waals surface area contributed by atoms with Crippen LogP contribution in [0.4, 0.5) is 0 Å². The summed E-state index contributed by atoms with van der Waals surface area (Å²) < 4.78 is 0. The molecule has 5 heavy (non-hydrogen) atoms. The van der Waals surface area contributed by atoms with E-state index in [1.807, 2.05) is 0 Å². The molecular weight excluding hydrogens is 317 g/mol. The molecule has 0 amide bonds. The van der Waals surface area contributed by atoms with E-state index >= 15 is 0 Å². The van der Waals surface area contributed by atoms with Crippen LogP contribution in [-0.2, 0) is 0 Å². The zero-order valence-corrected chi connectivity index (χ0v) is 7.74. The second-order valence-corrected chi connectivity index (χ2v) is 0. The van der Waals surface area contributed by atoms with Crippen LogP contribution in [0, 0.1) is 0 Å². The molecular formula is H16AsGeNSiTe. The van der Waals surface area contributed by atoms with Gasteiger partial charge in [-0.2, -0.15) is 0 Å². The number of hydrogen-bond donors (Lipinski definition) is 1. The van der Waals surface area contributed by atoms with Gasteiger partial charge in [0.2, 0.25) is 0 Å². The molecule has 1 unspecified atom stereocenters. The van der Waals surface area contributed by atoms with E-state index in [1.165, 1.54) is 0 Å². The molecule has 0 aromatic rings. The molecule has 1 atom stereocenters. The van der Waals surface area contributed by atoms with Crippen molar-refractivity contribution in [2.45, 2.75) is 0 Å². The van der Waals surface area contributed by atoms with Gasteiger partial charge in [0.05, 0.1) is 0 Å². The fraction of sp³-hybridized carbons (Fsp3) is 0. The van der Waals surface area contributed by atoms with Crippen molar-refractivity contribution in [3.8, 4) is 0 Å². The third-order valence-electron chi connectivity index (χ3n) is 0. The van der Waals surface area contributed by atoms with Crippen LogP contribution in [0.5, 0.6) is 0 Å². The van der Waals surface area contributed by atoms with Gasteiger partial charge in [-0.25, -0.2) is 0 Å². The maximum atomic E-state index is 0. The molecule has 0 aliphatic heterocycles. The van der Waals surface area contributed by atoms with Crippen LogP contribution in [0.25, 0.3) is 0 Å². The Labute approximate surface area is 75.7 Å². The van der Waals surface area contributed by atoms with Gasteiger partial charge in [0.15, 0.2) is 0 Å². The average molecular weight is 333 g/mol. The molecule has 0 aromatic carbocycles. The van der Waals surface area contributed by atoms with Crippen LogP contribution in [0.2, 0.25) is 0 Å². The molecule has 5 heteroatoms. The second kappa shape index (κ2) is 36.4. The van der Waals surface area contributed by atoms with Crippen LogP contribution in [0.3, 0.4) is 0 Å². The Bertz CT molecular complexity index is 11.6. The number of hydrogen-bond acceptors (Lipinski definition) is 1. The summed E-state index contributed by atoms with van der Waals surface area (Å²) >= 11 is 0. The van der Waals surface area contributed by atoms with Crippen molar-refractivity contribution in [3.63, 3.8) is 0 Å². The Kier molecular flexibility index (Phi) is 444. The van der Waals surface area contributed by atoms with Crippen molar-refractivity contribution in [3.05, 3.63) is 0 Å². The Morgan fingerprint density at radius 3 is 1.00 bits per heavy atom. The summed E-state index contributed by atoms with van der Waals surface area (Å²) in [7, 11) is 0. The first-order valence-corrected chi connectivity index (χ1v) is 0. The summed E-state index contributed by atoms with van der Waals surface area (Å²) in [6, 6.07) is 0. The van der Waals surface area contributed by atoms with E-state index in [1.54, 1.807) is 0 Å². The topological polar surface area (TPSA) is 35.0 Å². The SMILES string of the molecule is N.[AsH3].[GeH4].[SiH4].[TeH2]. The Hall–Kier alpha value is 2.07. The first kappa shape index (κ1) is 60.9. The van der Waals surface area contributed by atoms with E-state index in [0.717, 1.165) is 0 Å². The monoisotopic (exact) mass is 337 g/mol. The first-order chi connectivity index (χ1) is 0. The van der Waals surface area contributed by atoms with Gasteiger partial charge < -0.3 is 6.15 Å². The molecule has 0 saturated heterocycles. The van der Waals surface area contributed by atoms with Crippen molar-refractivity contribution >= 4 is 70.2 Å². The quantitative estimate of drug-likeness (QED) is 0.444. The third kappa shape index (κ3) is 23.5. The Morgan fingerprint density at radius 1 is 1.00 bits per heavy atom. The molecule has 0 fully saturated rings. The summed E-state index contributed by atoms with van der Waals surface area (Å²) in [5.74, 6) is 0. The summed E-state index contributed by atoms with van der Waals surface area (Å²) in [4.78, 5) is 0. The van der Waals surface area contributed by atoms with Gasteiger partial charge in [0, 0.05) is 0 Å². The minimum atomic E-state index is 0. The molecule has 40 valence electrons. The normalized spacial score (nSPS) is 0. The zero-order chi connectivity index (χ0) is 0. The van der Waals surface area contributed by atoms with Crippen molar-refractivity contribution < 1.29 is 0 Å². The van der Waals surface area contributed by atoms with Gasteiger partial charge >= 0.3 is 59.2 Å². The minimum absolute atomic E-state index is 0. The van der Waals surface area contributed by atoms with Gasteiger partial charge in [-0.05, 0) is 11.0 Å². The van der Waals surface area contributed by atoms with E-state index in [4.69, 9.17) is 0 Å². The molecule has 0 aliphatic carbocycles. The fourth-order valence-corrected chi connectivity index (χ4v) is 0. The summed E-state index contributed by atoms with van der Waals surface area (Å²) in [5.41, 5.74) is 0. The molecule has 0 saturated carbocycles. The van der Waals surface area contributed by atoms with Crippen molar-refractivity contribution in [2.24, 2.45) is 0 Å². The van der Waals surface area contributed by atoms with Crippen molar-refractivity contribution in [2.75, 3.05) is 0 Å². The van der Waals surface area contributed by atoms with E-state index < -0.39 is 0 Å². The van der Waals surface area contributed by atoms with Gasteiger partial charge in [-0.1, -0.05) is 0 Å². The van der Waals surface area contributed by atoms with Gasteiger partial charge in [0.25, 0.3) is 0 Å². The second-order valence-electron chi connectivity index (χ2n) is 0. The van der Waals surface area contributed by atoms with Crippen LogP contribution in [0.1, 0.15) is 0 Å². The molecule has 0 bridgehead atoms. The predicted octanol–water partition coefficient (Wildman–Crippen LogP) is -4.84. The zero-order valence-electron chi connectivity index (χ0n) is 1.91. The first-order valence-electron chi connectivity index (χ1n) is 0. The van der Waals surface area contributed by atoms with E-state index in [0.29, 0.717) is 0 Å². The van der Waals surface area contributed by atoms with E-state index in [9.17, 15) is 0 Å². The molecule has 0 aromatic heterocycles. The van der Waals surface area contributed by atoms with Gasteiger partial charge in [-0.3, -0.25) is 0 Å². The molecule has 0 aliphatic rings. The number of rotatable bonds is 0. The van der Waals surface area contributed by atoms with Gasteiger partial charge in [-0.15, -0.1) is 0 Å². The molecule has 0 heterocycles. The molecule has 3 N–H and O–H groups in total. The fourth-order valence-electron chi connectivity index (χ4n) is 0. The van der Waals surface area contributed by atoms with Crippen LogP contribution >= 0.6 is 0 Å². The third-order valence-corrected chi connectivity index (χ3v) is 0. The average Bonchev–Trinajstić information content (AvgIpc) is 0. The van der Waals surface area contributed by atoms with Crippen molar-refractivity contribution in [1.29, 1.82) is 0 Å². The summed E-state index contributed by atoms with van der Waals surface area (Å²) in [6.07, 6.45) is 0. The van der Waals surface area contributed by atoms with Crippen LogP contribution < -0.4 is 6.15 Å². The Balaban J connectivity index is 0. The molecule has 1 nitrogen and oxygen atoms in total. The van der Waals surface area contributed by atoms with Gasteiger partial charge in [0.1, 0.15) is 0 Å². The maximum absolute atomic E-state index is 0. The van der Waals surface area contributed by atoms with Crippen LogP contribution in [0.15, 0.2) is 0 Å². The summed E-state index contributed by atoms with van der Waals surface area (Å²) in [6.45, 7) is 0. The summed E-state index contributed by atoms with van der Waals surface area (Å²) in [5, 5.41) is 0. The molecule has 0 rings (SSSR count). The van der Waals surface area contributed by atoms with E-state index in [-0.39, 0.29) is 76.3 Å². The van der Waals surface area contributed by atoms with Crippen LogP contribution in [-0.4, -0.2) is 70.2 Å². The Morgan fingerprint density at radius 2 is 1.00 bits per heavy atom. The standard InChI is InChI=1S/AsH3.GeH4.H3N.H4Si.H2Te/h1H3;1H4;1H3;1H4;1H2.